The van der Waals surface area contributed by atoms with Gasteiger partial charge >= 0.3 is 0 Å². The SMILES string of the molecule is CCCC(COc1ccc([N+](=O)[O-])cc1C)CS(N)(=O)=O. The Hall–Kier alpha value is -1.67. The lowest BCUT2D eigenvalue weighted by Gasteiger charge is -2.17. The van der Waals surface area contributed by atoms with Crippen molar-refractivity contribution in [2.45, 2.75) is 26.7 Å². The van der Waals surface area contributed by atoms with Crippen LogP contribution in [-0.4, -0.2) is 25.7 Å². The normalized spacial score (nSPS) is 12.9. The summed E-state index contributed by atoms with van der Waals surface area (Å²) in [6.45, 7) is 3.87. The summed E-state index contributed by atoms with van der Waals surface area (Å²) >= 11 is 0. The van der Waals surface area contributed by atoms with Crippen molar-refractivity contribution in [1.29, 1.82) is 0 Å². The molecule has 1 aromatic carbocycles. The molecule has 1 rings (SSSR count). The minimum absolute atomic E-state index is 0.00510. The molecule has 0 bridgehead atoms. The second-order valence-corrected chi connectivity index (χ2v) is 6.66. The van der Waals surface area contributed by atoms with E-state index in [0.29, 0.717) is 17.7 Å². The van der Waals surface area contributed by atoms with Gasteiger partial charge in [-0.05, 0) is 25.0 Å². The Balaban J connectivity index is 2.73. The minimum Gasteiger partial charge on any atom is -0.493 e. The van der Waals surface area contributed by atoms with E-state index in [9.17, 15) is 18.5 Å². The van der Waals surface area contributed by atoms with Crippen LogP contribution in [0.1, 0.15) is 25.3 Å². The van der Waals surface area contributed by atoms with Gasteiger partial charge in [-0.25, -0.2) is 13.6 Å². The van der Waals surface area contributed by atoms with Gasteiger partial charge in [0.05, 0.1) is 17.3 Å². The van der Waals surface area contributed by atoms with Crippen molar-refractivity contribution < 1.29 is 18.1 Å². The fourth-order valence-corrected chi connectivity index (χ4v) is 2.99. The lowest BCUT2D eigenvalue weighted by Crippen LogP contribution is -2.27. The zero-order valence-electron chi connectivity index (χ0n) is 12.1. The van der Waals surface area contributed by atoms with E-state index < -0.39 is 14.9 Å². The summed E-state index contributed by atoms with van der Waals surface area (Å²) in [5.41, 5.74) is 0.629. The van der Waals surface area contributed by atoms with Crippen LogP contribution >= 0.6 is 0 Å². The third kappa shape index (κ3) is 6.09. The number of nitro benzene ring substituents is 1. The lowest BCUT2D eigenvalue weighted by atomic mass is 10.1. The Bertz CT molecular complexity index is 601. The number of non-ortho nitro benzene ring substituents is 1. The summed E-state index contributed by atoms with van der Waals surface area (Å²) in [5.74, 6) is 0.183. The molecular weight excluding hydrogens is 296 g/mol. The average molecular weight is 316 g/mol. The average Bonchev–Trinajstić information content (AvgIpc) is 2.35. The van der Waals surface area contributed by atoms with Crippen molar-refractivity contribution in [3.63, 3.8) is 0 Å². The maximum Gasteiger partial charge on any atom is 0.269 e. The number of rotatable bonds is 8. The van der Waals surface area contributed by atoms with Gasteiger partial charge in [-0.1, -0.05) is 13.3 Å². The van der Waals surface area contributed by atoms with E-state index in [1.54, 1.807) is 6.92 Å². The number of nitro groups is 1. The summed E-state index contributed by atoms with van der Waals surface area (Å²) in [6.07, 6.45) is 1.51. The number of hydrogen-bond donors (Lipinski definition) is 1. The van der Waals surface area contributed by atoms with Gasteiger partial charge in [0.2, 0.25) is 10.0 Å². The van der Waals surface area contributed by atoms with Crippen molar-refractivity contribution in [2.75, 3.05) is 12.4 Å². The molecule has 118 valence electrons. The largest absolute Gasteiger partial charge is 0.493 e. The lowest BCUT2D eigenvalue weighted by molar-refractivity contribution is -0.384. The molecule has 0 aliphatic carbocycles. The van der Waals surface area contributed by atoms with Gasteiger partial charge in [0.25, 0.3) is 5.69 Å². The van der Waals surface area contributed by atoms with Gasteiger partial charge in [0.1, 0.15) is 5.75 Å². The molecule has 0 spiro atoms. The predicted octanol–water partition coefficient (Wildman–Crippen LogP) is 1.99. The van der Waals surface area contributed by atoms with E-state index in [-0.39, 0.29) is 24.0 Å². The highest BCUT2D eigenvalue weighted by molar-refractivity contribution is 7.89. The van der Waals surface area contributed by atoms with Crippen LogP contribution in [0.15, 0.2) is 18.2 Å². The number of sulfonamides is 1. The van der Waals surface area contributed by atoms with Crippen molar-refractivity contribution in [1.82, 2.24) is 0 Å². The maximum absolute atomic E-state index is 11.2. The molecule has 0 saturated carbocycles. The van der Waals surface area contributed by atoms with Crippen LogP contribution in [0.5, 0.6) is 5.75 Å². The molecule has 0 saturated heterocycles. The second kappa shape index (κ2) is 7.37. The molecule has 1 atom stereocenters. The number of primary sulfonamides is 1. The van der Waals surface area contributed by atoms with E-state index in [1.807, 2.05) is 6.92 Å². The molecule has 1 unspecified atom stereocenters. The van der Waals surface area contributed by atoms with Crippen molar-refractivity contribution in [3.8, 4) is 5.75 Å². The van der Waals surface area contributed by atoms with Crippen molar-refractivity contribution in [3.05, 3.63) is 33.9 Å². The first-order valence-corrected chi connectivity index (χ1v) is 8.32. The Kier molecular flexibility index (Phi) is 6.10. The van der Waals surface area contributed by atoms with Crippen LogP contribution in [0.2, 0.25) is 0 Å². The van der Waals surface area contributed by atoms with Crippen LogP contribution in [-0.2, 0) is 10.0 Å². The van der Waals surface area contributed by atoms with Crippen molar-refractivity contribution in [2.24, 2.45) is 11.1 Å². The topological polar surface area (TPSA) is 113 Å². The fraction of sp³-hybridized carbons (Fsp3) is 0.538. The third-order valence-electron chi connectivity index (χ3n) is 3.01. The highest BCUT2D eigenvalue weighted by Crippen LogP contribution is 2.24. The standard InChI is InChI=1S/C13H20N2O5S/c1-3-4-11(9-21(14,18)19)8-20-13-6-5-12(15(16)17)7-10(13)2/h5-7,11H,3-4,8-9H2,1-2H3,(H2,14,18,19). The van der Waals surface area contributed by atoms with Gasteiger partial charge in [-0.15, -0.1) is 0 Å². The van der Waals surface area contributed by atoms with Crippen LogP contribution in [0, 0.1) is 23.0 Å². The summed E-state index contributed by atoms with van der Waals surface area (Å²) < 4.78 is 27.9. The third-order valence-corrected chi connectivity index (χ3v) is 3.94. The Morgan fingerprint density at radius 2 is 2.10 bits per heavy atom. The molecule has 0 amide bonds. The van der Waals surface area contributed by atoms with Crippen LogP contribution in [0.4, 0.5) is 5.69 Å². The number of benzene rings is 1. The van der Waals surface area contributed by atoms with Crippen LogP contribution in [0.25, 0.3) is 0 Å². The van der Waals surface area contributed by atoms with Crippen molar-refractivity contribution >= 4 is 15.7 Å². The molecule has 2 N–H and O–H groups in total. The van der Waals surface area contributed by atoms with Gasteiger partial charge in [-0.3, -0.25) is 10.1 Å². The van der Waals surface area contributed by atoms with Gasteiger partial charge in [-0.2, -0.15) is 0 Å². The summed E-state index contributed by atoms with van der Waals surface area (Å²) in [4.78, 5) is 10.2. The molecule has 0 aliphatic heterocycles. The zero-order valence-corrected chi connectivity index (χ0v) is 12.9. The quantitative estimate of drug-likeness (QED) is 0.582. The van der Waals surface area contributed by atoms with Gasteiger partial charge in [0, 0.05) is 18.1 Å². The zero-order chi connectivity index (χ0) is 16.0. The van der Waals surface area contributed by atoms with E-state index in [1.165, 1.54) is 18.2 Å². The van der Waals surface area contributed by atoms with Gasteiger partial charge < -0.3 is 4.74 Å². The predicted molar refractivity (Wildman–Crippen MR) is 79.7 cm³/mol. The Morgan fingerprint density at radius 3 is 2.57 bits per heavy atom. The monoisotopic (exact) mass is 316 g/mol. The summed E-state index contributed by atoms with van der Waals surface area (Å²) in [6, 6.07) is 4.30. The summed E-state index contributed by atoms with van der Waals surface area (Å²) in [7, 11) is -3.55. The minimum atomic E-state index is -3.55. The highest BCUT2D eigenvalue weighted by Gasteiger charge is 2.17. The first-order chi connectivity index (χ1) is 9.73. The fourth-order valence-electron chi connectivity index (χ4n) is 2.07. The number of hydrogen-bond acceptors (Lipinski definition) is 5. The molecule has 0 aliphatic rings. The second-order valence-electron chi connectivity index (χ2n) is 5.00. The number of ether oxygens (including phenoxy) is 1. The maximum atomic E-state index is 11.2. The van der Waals surface area contributed by atoms with E-state index >= 15 is 0 Å². The molecule has 0 fully saturated rings. The number of nitrogens with zero attached hydrogens (tertiary/aromatic N) is 1. The molecule has 21 heavy (non-hydrogen) atoms. The first kappa shape index (κ1) is 17.4. The van der Waals surface area contributed by atoms with E-state index in [2.05, 4.69) is 0 Å². The first-order valence-electron chi connectivity index (χ1n) is 6.61. The summed E-state index contributed by atoms with van der Waals surface area (Å²) in [5, 5.41) is 15.7. The van der Waals surface area contributed by atoms with Crippen LogP contribution < -0.4 is 9.88 Å². The molecule has 0 aromatic heterocycles. The van der Waals surface area contributed by atoms with E-state index in [0.717, 1.165) is 6.42 Å². The molecule has 7 nitrogen and oxygen atoms in total. The molecule has 0 radical (unpaired) electrons. The van der Waals surface area contributed by atoms with Gasteiger partial charge in [0.15, 0.2) is 0 Å². The Labute approximate surface area is 124 Å². The molecule has 8 heteroatoms. The smallest absolute Gasteiger partial charge is 0.269 e. The van der Waals surface area contributed by atoms with E-state index in [4.69, 9.17) is 9.88 Å². The molecule has 0 heterocycles. The molecular formula is C13H20N2O5S. The Morgan fingerprint density at radius 1 is 1.43 bits per heavy atom. The highest BCUT2D eigenvalue weighted by atomic mass is 32.2. The molecule has 1 aromatic rings. The number of nitrogens with two attached hydrogens (primary N) is 1. The number of aryl methyl sites for hydroxylation is 1. The van der Waals surface area contributed by atoms with Crippen LogP contribution in [0.3, 0.4) is 0 Å².